The minimum atomic E-state index is -1.16. The summed E-state index contributed by atoms with van der Waals surface area (Å²) >= 11 is 0. The Bertz CT molecular complexity index is 1240. The normalized spacial score (nSPS) is 19.9. The number of carbonyl (C=O) groups is 5. The molecule has 0 aliphatic carbocycles. The molecule has 4 atom stereocenters. The number of ether oxygens (including phenoxy) is 2. The van der Waals surface area contributed by atoms with Crippen LogP contribution in [-0.2, 0) is 19.2 Å². The molecule has 4 rings (SSSR count). The Kier molecular flexibility index (Phi) is 8.09. The Morgan fingerprint density at radius 3 is 2.26 bits per heavy atom. The van der Waals surface area contributed by atoms with Crippen molar-refractivity contribution in [2.75, 3.05) is 13.2 Å². The van der Waals surface area contributed by atoms with Crippen molar-refractivity contribution in [2.45, 2.75) is 39.3 Å². The Labute approximate surface area is 220 Å². The van der Waals surface area contributed by atoms with Crippen LogP contribution in [0.25, 0.3) is 0 Å². The van der Waals surface area contributed by atoms with E-state index in [1.807, 2.05) is 6.07 Å². The molecule has 0 aromatic heterocycles. The highest BCUT2D eigenvalue weighted by molar-refractivity contribution is 6.16. The molecule has 10 heteroatoms. The Hall–Kier alpha value is -4.21. The van der Waals surface area contributed by atoms with Gasteiger partial charge in [-0.2, -0.15) is 0 Å². The molecule has 2 aromatic carbocycles. The van der Waals surface area contributed by atoms with Crippen LogP contribution in [-0.4, -0.2) is 48.7 Å². The van der Waals surface area contributed by atoms with Gasteiger partial charge in [-0.1, -0.05) is 51.1 Å². The summed E-state index contributed by atoms with van der Waals surface area (Å²) in [6.45, 7) is 5.84. The van der Waals surface area contributed by atoms with Gasteiger partial charge in [0.05, 0.1) is 24.4 Å². The molecule has 2 aromatic rings. The first kappa shape index (κ1) is 26.8. The molecular formula is C28H31N3O7. The average Bonchev–Trinajstić information content (AvgIpc) is 3.17. The molecule has 200 valence electrons. The van der Waals surface area contributed by atoms with Crippen molar-refractivity contribution in [3.05, 3.63) is 59.7 Å². The van der Waals surface area contributed by atoms with Crippen molar-refractivity contribution in [1.29, 1.82) is 0 Å². The number of imide groups is 1. The van der Waals surface area contributed by atoms with Crippen molar-refractivity contribution in [3.8, 4) is 11.5 Å². The Morgan fingerprint density at radius 2 is 1.63 bits per heavy atom. The molecule has 3 N–H and O–H groups in total. The molecule has 0 bridgehead atoms. The van der Waals surface area contributed by atoms with Crippen molar-refractivity contribution in [2.24, 2.45) is 17.8 Å². The van der Waals surface area contributed by atoms with Crippen LogP contribution < -0.4 is 25.4 Å². The van der Waals surface area contributed by atoms with E-state index in [1.54, 1.807) is 56.3 Å². The van der Waals surface area contributed by atoms with Gasteiger partial charge in [0.15, 0.2) is 17.3 Å². The molecule has 4 amide bonds. The maximum atomic E-state index is 13.2. The molecule has 2 aliphatic rings. The monoisotopic (exact) mass is 521 g/mol. The summed E-state index contributed by atoms with van der Waals surface area (Å²) in [7, 11) is 0. The van der Waals surface area contributed by atoms with Gasteiger partial charge in [0.1, 0.15) is 19.1 Å². The zero-order valence-electron chi connectivity index (χ0n) is 21.5. The number of nitrogens with one attached hydrogen (secondary N) is 3. The fourth-order valence-corrected chi connectivity index (χ4v) is 4.61. The van der Waals surface area contributed by atoms with E-state index >= 15 is 0 Å². The maximum Gasteiger partial charge on any atom is 0.251 e. The molecule has 1 saturated heterocycles. The van der Waals surface area contributed by atoms with Gasteiger partial charge in [0.2, 0.25) is 17.7 Å². The molecule has 38 heavy (non-hydrogen) atoms. The molecule has 10 nitrogen and oxygen atoms in total. The van der Waals surface area contributed by atoms with E-state index in [4.69, 9.17) is 9.47 Å². The van der Waals surface area contributed by atoms with E-state index < -0.39 is 53.3 Å². The number of rotatable bonds is 9. The number of carbonyl (C=O) groups excluding carboxylic acids is 5. The molecular weight excluding hydrogens is 490 g/mol. The third-order valence-corrected chi connectivity index (χ3v) is 6.74. The van der Waals surface area contributed by atoms with Gasteiger partial charge in [0.25, 0.3) is 5.91 Å². The largest absolute Gasteiger partial charge is 0.486 e. The van der Waals surface area contributed by atoms with Crippen LogP contribution >= 0.6 is 0 Å². The van der Waals surface area contributed by atoms with Gasteiger partial charge in [0, 0.05) is 5.56 Å². The summed E-state index contributed by atoms with van der Waals surface area (Å²) in [4.78, 5) is 63.6. The first-order valence-corrected chi connectivity index (χ1v) is 12.6. The second-order valence-corrected chi connectivity index (χ2v) is 9.81. The zero-order valence-corrected chi connectivity index (χ0v) is 21.5. The summed E-state index contributed by atoms with van der Waals surface area (Å²) in [5.74, 6) is -3.82. The van der Waals surface area contributed by atoms with Crippen molar-refractivity contribution < 1.29 is 33.4 Å². The van der Waals surface area contributed by atoms with Crippen LogP contribution in [0.5, 0.6) is 11.5 Å². The Morgan fingerprint density at radius 1 is 0.947 bits per heavy atom. The van der Waals surface area contributed by atoms with Crippen molar-refractivity contribution >= 4 is 29.4 Å². The summed E-state index contributed by atoms with van der Waals surface area (Å²) in [5, 5.41) is 7.82. The third-order valence-electron chi connectivity index (χ3n) is 6.74. The lowest BCUT2D eigenvalue weighted by Crippen LogP contribution is -2.49. The number of hydrogen-bond acceptors (Lipinski definition) is 7. The summed E-state index contributed by atoms with van der Waals surface area (Å²) < 4.78 is 11.1. The lowest BCUT2D eigenvalue weighted by Gasteiger charge is -2.26. The number of fused-ring (bicyclic) bond motifs is 1. The van der Waals surface area contributed by atoms with Crippen LogP contribution in [0.1, 0.15) is 49.2 Å². The van der Waals surface area contributed by atoms with E-state index in [9.17, 15) is 24.0 Å². The van der Waals surface area contributed by atoms with Crippen LogP contribution in [0.15, 0.2) is 48.5 Å². The Balaban J connectivity index is 1.49. The van der Waals surface area contributed by atoms with Crippen LogP contribution in [0.4, 0.5) is 0 Å². The van der Waals surface area contributed by atoms with E-state index in [1.165, 1.54) is 6.92 Å². The highest BCUT2D eigenvalue weighted by atomic mass is 16.6. The van der Waals surface area contributed by atoms with E-state index in [0.29, 0.717) is 35.8 Å². The fourth-order valence-electron chi connectivity index (χ4n) is 4.61. The van der Waals surface area contributed by atoms with Gasteiger partial charge < -0.3 is 20.1 Å². The number of hydrogen-bond donors (Lipinski definition) is 3. The lowest BCUT2D eigenvalue weighted by atomic mass is 9.85. The minimum absolute atomic E-state index is 0.151. The number of ketones is 1. The van der Waals surface area contributed by atoms with Gasteiger partial charge in [-0.3, -0.25) is 29.3 Å². The third kappa shape index (κ3) is 5.85. The smallest absolute Gasteiger partial charge is 0.251 e. The molecule has 0 spiro atoms. The second-order valence-electron chi connectivity index (χ2n) is 9.81. The van der Waals surface area contributed by atoms with Crippen LogP contribution in [0.3, 0.4) is 0 Å². The number of Topliss-reactive ketones (excluding diaryl/α,β-unsaturated/α-hetero) is 1. The number of benzene rings is 2. The predicted molar refractivity (Wildman–Crippen MR) is 136 cm³/mol. The average molecular weight is 522 g/mol. The quantitative estimate of drug-likeness (QED) is 0.338. The molecule has 0 saturated carbocycles. The highest BCUT2D eigenvalue weighted by Crippen LogP contribution is 2.31. The first-order valence-electron chi connectivity index (χ1n) is 12.6. The lowest BCUT2D eigenvalue weighted by molar-refractivity contribution is -0.137. The van der Waals surface area contributed by atoms with Crippen molar-refractivity contribution in [1.82, 2.24) is 16.0 Å². The van der Waals surface area contributed by atoms with Gasteiger partial charge in [-0.05, 0) is 29.7 Å². The summed E-state index contributed by atoms with van der Waals surface area (Å²) in [5.41, 5.74) is 1.05. The summed E-state index contributed by atoms with van der Waals surface area (Å²) in [6, 6.07) is 12.2. The molecule has 1 fully saturated rings. The predicted octanol–water partition coefficient (Wildman–Crippen LogP) is 1.94. The first-order chi connectivity index (χ1) is 18.2. The molecule has 2 heterocycles. The topological polar surface area (TPSA) is 140 Å². The molecule has 0 radical (unpaired) electrons. The highest BCUT2D eigenvalue weighted by Gasteiger charge is 2.46. The molecule has 2 aliphatic heterocycles. The second kappa shape index (κ2) is 11.5. The van der Waals surface area contributed by atoms with Gasteiger partial charge in [-0.15, -0.1) is 0 Å². The SMILES string of the molecule is CC(C)[C@H](NC(=O)C[C@H](NC(=O)c1ccc2c(c1)OCCO2)c1ccccc1)C(=O)[C@@H]1C(=O)NC(=O)[C@H]1C. The van der Waals surface area contributed by atoms with Gasteiger partial charge >= 0.3 is 0 Å². The number of amides is 4. The standard InChI is InChI=1S/C28H31N3O7/c1-15(2)24(25(33)23-16(3)26(34)31-28(23)36)30-22(32)14-19(17-7-5-4-6-8-17)29-27(35)18-9-10-20-21(13-18)38-12-11-37-20/h4-10,13,15-16,19,23-24H,11-12,14H2,1-3H3,(H,29,35)(H,30,32)(H,31,34,36)/t16-,19-,23+,24-/m0/s1. The van der Waals surface area contributed by atoms with Crippen LogP contribution in [0.2, 0.25) is 0 Å². The van der Waals surface area contributed by atoms with Gasteiger partial charge in [-0.25, -0.2) is 0 Å². The van der Waals surface area contributed by atoms with E-state index in [0.717, 1.165) is 0 Å². The van der Waals surface area contributed by atoms with E-state index in [2.05, 4.69) is 16.0 Å². The summed E-state index contributed by atoms with van der Waals surface area (Å²) in [6.07, 6.45) is -0.151. The van der Waals surface area contributed by atoms with Crippen molar-refractivity contribution in [3.63, 3.8) is 0 Å². The zero-order chi connectivity index (χ0) is 27.4. The van der Waals surface area contributed by atoms with E-state index in [-0.39, 0.29) is 12.3 Å². The van der Waals surface area contributed by atoms with Crippen LogP contribution in [0, 0.1) is 17.8 Å². The fraction of sp³-hybridized carbons (Fsp3) is 0.393. The maximum absolute atomic E-state index is 13.2. The minimum Gasteiger partial charge on any atom is -0.486 e. The molecule has 0 unspecified atom stereocenters.